The van der Waals surface area contributed by atoms with Crippen molar-refractivity contribution < 1.29 is 8.78 Å². The summed E-state index contributed by atoms with van der Waals surface area (Å²) >= 11 is 7.25. The van der Waals surface area contributed by atoms with Crippen molar-refractivity contribution in [3.05, 3.63) is 26.6 Å². The van der Waals surface area contributed by atoms with Gasteiger partial charge in [0.25, 0.3) is 6.43 Å². The fourth-order valence-corrected chi connectivity index (χ4v) is 1.98. The second-order valence-electron chi connectivity index (χ2n) is 2.39. The number of alkyl halides is 3. The summed E-state index contributed by atoms with van der Waals surface area (Å²) in [6.45, 7) is 0. The molecule has 74 valence electrons. The minimum absolute atomic E-state index is 0.0317. The quantitative estimate of drug-likeness (QED) is 0.617. The summed E-state index contributed by atoms with van der Waals surface area (Å²) in [6, 6.07) is 1.74. The van der Waals surface area contributed by atoms with Gasteiger partial charge in [0, 0.05) is 20.9 Å². The Labute approximate surface area is 98.0 Å². The van der Waals surface area contributed by atoms with Gasteiger partial charge in [-0.25, -0.2) is 13.8 Å². The Bertz CT molecular complexity index is 390. The van der Waals surface area contributed by atoms with Crippen molar-refractivity contribution in [3.63, 3.8) is 0 Å². The molecule has 0 bridgehead atoms. The van der Waals surface area contributed by atoms with E-state index in [1.54, 1.807) is 28.7 Å². The topological polar surface area (TPSA) is 36.7 Å². The molecule has 0 fully saturated rings. The van der Waals surface area contributed by atoms with Gasteiger partial charge in [-0.2, -0.15) is 5.26 Å². The number of hydrogen-bond acceptors (Lipinski definition) is 2. The molecule has 0 amide bonds. The number of aromatic nitrogens is 1. The number of pyridine rings is 1. The molecule has 14 heavy (non-hydrogen) atoms. The van der Waals surface area contributed by atoms with Crippen molar-refractivity contribution in [2.24, 2.45) is 0 Å². The summed E-state index contributed by atoms with van der Waals surface area (Å²) in [6.07, 6.45) is -1.39. The van der Waals surface area contributed by atoms with E-state index in [9.17, 15) is 8.78 Å². The molecule has 0 saturated heterocycles. The molecule has 0 aliphatic rings. The molecule has 0 aliphatic carbocycles. The van der Waals surface area contributed by atoms with Gasteiger partial charge in [0.1, 0.15) is 11.8 Å². The highest BCUT2D eigenvalue weighted by Gasteiger charge is 2.20. The van der Waals surface area contributed by atoms with Crippen LogP contribution in [0.15, 0.2) is 6.20 Å². The Morgan fingerprint density at radius 3 is 2.71 bits per heavy atom. The molecule has 0 radical (unpaired) electrons. The van der Waals surface area contributed by atoms with Gasteiger partial charge in [-0.3, -0.25) is 0 Å². The van der Waals surface area contributed by atoms with Crippen LogP contribution in [0.5, 0.6) is 0 Å². The Kier molecular flexibility index (Phi) is 4.01. The van der Waals surface area contributed by atoms with E-state index >= 15 is 0 Å². The van der Waals surface area contributed by atoms with E-state index in [2.05, 4.69) is 4.98 Å². The lowest BCUT2D eigenvalue weighted by molar-refractivity contribution is 0.149. The summed E-state index contributed by atoms with van der Waals surface area (Å²) in [4.78, 5) is 3.72. The van der Waals surface area contributed by atoms with Crippen LogP contribution in [0.2, 0.25) is 0 Å². The summed E-state index contributed by atoms with van der Waals surface area (Å²) in [5.41, 5.74) is -0.0982. The van der Waals surface area contributed by atoms with Gasteiger partial charge >= 0.3 is 0 Å². The Hall–Kier alpha value is -0.480. The maximum atomic E-state index is 12.6. The molecule has 1 aromatic rings. The second-order valence-corrected chi connectivity index (χ2v) is 3.82. The van der Waals surface area contributed by atoms with Crippen LogP contribution in [0.25, 0.3) is 0 Å². The third kappa shape index (κ3) is 2.12. The maximum absolute atomic E-state index is 12.6. The predicted octanol–water partition coefficient (Wildman–Crippen LogP) is 3.23. The van der Waals surface area contributed by atoms with Gasteiger partial charge < -0.3 is 0 Å². The Balaban J connectivity index is 3.45. The largest absolute Gasteiger partial charge is 0.265 e. The van der Waals surface area contributed by atoms with Gasteiger partial charge in [0.05, 0.1) is 5.88 Å². The van der Waals surface area contributed by atoms with Crippen molar-refractivity contribution in [1.82, 2.24) is 4.98 Å². The Morgan fingerprint density at radius 1 is 1.64 bits per heavy atom. The first-order valence-electron chi connectivity index (χ1n) is 3.53. The number of nitrogens with zero attached hydrogens (tertiary/aromatic N) is 2. The van der Waals surface area contributed by atoms with Gasteiger partial charge in [0.15, 0.2) is 0 Å². The van der Waals surface area contributed by atoms with Crippen LogP contribution >= 0.6 is 34.2 Å². The smallest absolute Gasteiger partial charge is 0.244 e. The summed E-state index contributed by atoms with van der Waals surface area (Å²) in [5, 5.41) is 8.63. The van der Waals surface area contributed by atoms with Crippen LogP contribution < -0.4 is 0 Å². The molecular formula is C8H4ClF2IN2. The van der Waals surface area contributed by atoms with Crippen molar-refractivity contribution in [2.45, 2.75) is 12.3 Å². The highest BCUT2D eigenvalue weighted by Crippen LogP contribution is 2.29. The lowest BCUT2D eigenvalue weighted by Crippen LogP contribution is -2.02. The molecule has 1 heterocycles. The fraction of sp³-hybridized carbons (Fsp3) is 0.250. The van der Waals surface area contributed by atoms with Crippen molar-refractivity contribution >= 4 is 34.2 Å². The van der Waals surface area contributed by atoms with Crippen molar-refractivity contribution in [1.29, 1.82) is 5.26 Å². The number of halogens is 4. The van der Waals surface area contributed by atoms with Crippen LogP contribution in [-0.2, 0) is 5.88 Å². The highest BCUT2D eigenvalue weighted by molar-refractivity contribution is 14.1. The zero-order chi connectivity index (χ0) is 10.7. The van der Waals surface area contributed by atoms with E-state index in [0.29, 0.717) is 3.57 Å². The van der Waals surface area contributed by atoms with Crippen LogP contribution in [0.3, 0.4) is 0 Å². The van der Waals surface area contributed by atoms with E-state index in [-0.39, 0.29) is 22.7 Å². The number of rotatable bonds is 2. The summed E-state index contributed by atoms with van der Waals surface area (Å²) in [7, 11) is 0. The van der Waals surface area contributed by atoms with E-state index in [0.717, 1.165) is 0 Å². The second kappa shape index (κ2) is 4.84. The molecular weight excluding hydrogens is 324 g/mol. The van der Waals surface area contributed by atoms with Crippen molar-refractivity contribution in [3.8, 4) is 6.07 Å². The monoisotopic (exact) mass is 328 g/mol. The average molecular weight is 328 g/mol. The SMILES string of the molecule is N#Cc1ncc(I)c(C(F)F)c1CCl. The summed E-state index contributed by atoms with van der Waals surface area (Å²) < 4.78 is 25.5. The van der Waals surface area contributed by atoms with Crippen LogP contribution in [0.1, 0.15) is 23.2 Å². The average Bonchev–Trinajstić information content (AvgIpc) is 2.16. The molecule has 0 N–H and O–H groups in total. The highest BCUT2D eigenvalue weighted by atomic mass is 127. The van der Waals surface area contributed by atoms with E-state index in [1.807, 2.05) is 0 Å². The normalized spacial score (nSPS) is 10.3. The van der Waals surface area contributed by atoms with E-state index in [4.69, 9.17) is 16.9 Å². The molecule has 0 aromatic carbocycles. The minimum atomic E-state index is -2.63. The van der Waals surface area contributed by atoms with Crippen LogP contribution in [0, 0.1) is 14.9 Å². The zero-order valence-electron chi connectivity index (χ0n) is 6.77. The van der Waals surface area contributed by atoms with Crippen LogP contribution in [-0.4, -0.2) is 4.98 Å². The molecule has 6 heteroatoms. The fourth-order valence-electron chi connectivity index (χ4n) is 1.01. The minimum Gasteiger partial charge on any atom is -0.244 e. The molecule has 0 atom stereocenters. The van der Waals surface area contributed by atoms with Crippen molar-refractivity contribution in [2.75, 3.05) is 0 Å². The first kappa shape index (κ1) is 11.6. The van der Waals surface area contributed by atoms with Gasteiger partial charge in [-0.15, -0.1) is 11.6 Å². The third-order valence-electron chi connectivity index (χ3n) is 1.63. The van der Waals surface area contributed by atoms with Gasteiger partial charge in [0.2, 0.25) is 0 Å². The van der Waals surface area contributed by atoms with E-state index in [1.165, 1.54) is 6.20 Å². The number of hydrogen-bond donors (Lipinski definition) is 0. The predicted molar refractivity (Wildman–Crippen MR) is 56.2 cm³/mol. The van der Waals surface area contributed by atoms with Crippen LogP contribution in [0.4, 0.5) is 8.78 Å². The first-order chi connectivity index (χ1) is 6.61. The zero-order valence-corrected chi connectivity index (χ0v) is 9.68. The molecule has 0 saturated carbocycles. The maximum Gasteiger partial charge on any atom is 0.265 e. The van der Waals surface area contributed by atoms with Gasteiger partial charge in [-0.1, -0.05) is 0 Å². The summed E-state index contributed by atoms with van der Waals surface area (Å²) in [5.74, 6) is -0.133. The molecule has 2 nitrogen and oxygen atoms in total. The molecule has 0 aliphatic heterocycles. The van der Waals surface area contributed by atoms with Gasteiger partial charge in [-0.05, 0) is 22.6 Å². The lowest BCUT2D eigenvalue weighted by Gasteiger charge is -2.09. The standard InChI is InChI=1S/C8H4ClF2IN2/c9-1-4-6(2-13)14-3-5(12)7(4)8(10)11/h3,8H,1H2. The first-order valence-corrected chi connectivity index (χ1v) is 5.14. The molecule has 0 unspecified atom stereocenters. The van der Waals surface area contributed by atoms with E-state index < -0.39 is 6.43 Å². The third-order valence-corrected chi connectivity index (χ3v) is 2.76. The molecule has 1 aromatic heterocycles. The lowest BCUT2D eigenvalue weighted by atomic mass is 10.1. The Morgan fingerprint density at radius 2 is 2.29 bits per heavy atom. The molecule has 0 spiro atoms. The number of nitriles is 1. The molecule has 1 rings (SSSR count).